The Kier molecular flexibility index (Phi) is 7.25. The van der Waals surface area contributed by atoms with Crippen molar-refractivity contribution < 1.29 is 33.4 Å². The number of ketones is 1. The van der Waals surface area contributed by atoms with Crippen LogP contribution in [0.3, 0.4) is 0 Å². The summed E-state index contributed by atoms with van der Waals surface area (Å²) >= 11 is 0. The minimum absolute atomic E-state index is 0.00724. The second kappa shape index (κ2) is 10.1. The maximum Gasteiger partial charge on any atom is 0.338 e. The Labute approximate surface area is 186 Å². The Balaban J connectivity index is 1.55. The smallest absolute Gasteiger partial charge is 0.338 e. The molecular formula is C24H25NO7. The van der Waals surface area contributed by atoms with Crippen LogP contribution < -0.4 is 9.64 Å². The molecule has 0 N–H and O–H groups in total. The van der Waals surface area contributed by atoms with Gasteiger partial charge in [-0.05, 0) is 62.4 Å². The molecule has 1 atom stereocenters. The standard InChI is InChI=1S/C24H25NO7/c1-15(2)32-24(29)17-4-8-19(9-5-17)25-13-18(12-22(25)27)23(28)31-14-21(26)16-6-10-20(30-3)11-7-16/h4-11,15,18H,12-14H2,1-3H3/t18-/m1/s1. The zero-order valence-corrected chi connectivity index (χ0v) is 18.2. The quantitative estimate of drug-likeness (QED) is 0.460. The van der Waals surface area contributed by atoms with E-state index in [1.165, 1.54) is 12.0 Å². The van der Waals surface area contributed by atoms with Gasteiger partial charge in [0.15, 0.2) is 12.4 Å². The van der Waals surface area contributed by atoms with Crippen LogP contribution in [0.1, 0.15) is 41.0 Å². The van der Waals surface area contributed by atoms with Gasteiger partial charge < -0.3 is 19.1 Å². The van der Waals surface area contributed by atoms with Crippen LogP contribution in [0.2, 0.25) is 0 Å². The van der Waals surface area contributed by atoms with Crippen molar-refractivity contribution >= 4 is 29.3 Å². The van der Waals surface area contributed by atoms with Gasteiger partial charge in [0.05, 0.1) is 24.7 Å². The van der Waals surface area contributed by atoms with E-state index in [1.54, 1.807) is 62.4 Å². The molecule has 1 aliphatic rings. The van der Waals surface area contributed by atoms with E-state index in [0.717, 1.165) is 0 Å². The molecule has 1 amide bonds. The van der Waals surface area contributed by atoms with Gasteiger partial charge in [0.2, 0.25) is 5.91 Å². The normalized spacial score (nSPS) is 15.6. The molecule has 8 heteroatoms. The molecule has 0 saturated carbocycles. The number of carbonyl (C=O) groups excluding carboxylic acids is 4. The van der Waals surface area contributed by atoms with Crippen LogP contribution in [-0.4, -0.2) is 50.0 Å². The molecule has 2 aromatic rings. The van der Waals surface area contributed by atoms with Crippen LogP contribution >= 0.6 is 0 Å². The molecule has 1 fully saturated rings. The average molecular weight is 439 g/mol. The Morgan fingerprint density at radius 3 is 2.22 bits per heavy atom. The van der Waals surface area contributed by atoms with Gasteiger partial charge in [0.1, 0.15) is 5.75 Å². The third-order valence-electron chi connectivity index (χ3n) is 4.97. The topological polar surface area (TPSA) is 99.2 Å². The summed E-state index contributed by atoms with van der Waals surface area (Å²) in [6.07, 6.45) is -0.238. The molecule has 0 bridgehead atoms. The molecule has 8 nitrogen and oxygen atoms in total. The second-order valence-corrected chi connectivity index (χ2v) is 7.67. The first-order chi connectivity index (χ1) is 15.3. The maximum absolute atomic E-state index is 12.4. The number of nitrogens with zero attached hydrogens (tertiary/aromatic N) is 1. The summed E-state index contributed by atoms with van der Waals surface area (Å²) in [5, 5.41) is 0. The number of esters is 2. The van der Waals surface area contributed by atoms with E-state index in [2.05, 4.69) is 0 Å². The van der Waals surface area contributed by atoms with E-state index >= 15 is 0 Å². The van der Waals surface area contributed by atoms with Crippen molar-refractivity contribution in [3.63, 3.8) is 0 Å². The fourth-order valence-electron chi connectivity index (χ4n) is 3.29. The van der Waals surface area contributed by atoms with E-state index in [1.807, 2.05) is 0 Å². The molecule has 2 aromatic carbocycles. The highest BCUT2D eigenvalue weighted by molar-refractivity contribution is 6.01. The first kappa shape index (κ1) is 23.0. The third-order valence-corrected chi connectivity index (χ3v) is 4.97. The van der Waals surface area contributed by atoms with Crippen LogP contribution in [0, 0.1) is 5.92 Å². The summed E-state index contributed by atoms with van der Waals surface area (Å²) < 4.78 is 15.4. The van der Waals surface area contributed by atoms with Crippen LogP contribution in [-0.2, 0) is 19.1 Å². The predicted molar refractivity (Wildman–Crippen MR) is 116 cm³/mol. The predicted octanol–water partition coefficient (Wildman–Crippen LogP) is 3.04. The van der Waals surface area contributed by atoms with Crippen molar-refractivity contribution in [2.75, 3.05) is 25.2 Å². The van der Waals surface area contributed by atoms with Crippen LogP contribution in [0.15, 0.2) is 48.5 Å². The Bertz CT molecular complexity index is 996. The number of rotatable bonds is 8. The number of amides is 1. The van der Waals surface area contributed by atoms with Gasteiger partial charge in [-0.2, -0.15) is 0 Å². The minimum Gasteiger partial charge on any atom is -0.497 e. The number of hydrogen-bond donors (Lipinski definition) is 0. The zero-order chi connectivity index (χ0) is 23.3. The SMILES string of the molecule is COc1ccc(C(=O)COC(=O)[C@@H]2CC(=O)N(c3ccc(C(=O)OC(C)C)cc3)C2)cc1. The number of benzene rings is 2. The monoisotopic (exact) mass is 439 g/mol. The highest BCUT2D eigenvalue weighted by atomic mass is 16.5. The molecular weight excluding hydrogens is 414 g/mol. The number of ether oxygens (including phenoxy) is 3. The summed E-state index contributed by atoms with van der Waals surface area (Å²) in [5.41, 5.74) is 1.35. The fourth-order valence-corrected chi connectivity index (χ4v) is 3.29. The lowest BCUT2D eigenvalue weighted by Gasteiger charge is -2.17. The lowest BCUT2D eigenvalue weighted by molar-refractivity contribution is -0.147. The van der Waals surface area contributed by atoms with Crippen molar-refractivity contribution in [1.82, 2.24) is 0 Å². The molecule has 0 radical (unpaired) electrons. The second-order valence-electron chi connectivity index (χ2n) is 7.67. The lowest BCUT2D eigenvalue weighted by Crippen LogP contribution is -2.27. The van der Waals surface area contributed by atoms with Gasteiger partial charge >= 0.3 is 11.9 Å². The minimum atomic E-state index is -0.670. The van der Waals surface area contributed by atoms with Crippen molar-refractivity contribution in [1.29, 1.82) is 0 Å². The van der Waals surface area contributed by atoms with Crippen molar-refractivity contribution in [2.24, 2.45) is 5.92 Å². The van der Waals surface area contributed by atoms with Crippen molar-refractivity contribution in [2.45, 2.75) is 26.4 Å². The maximum atomic E-state index is 12.4. The molecule has 32 heavy (non-hydrogen) atoms. The van der Waals surface area contributed by atoms with E-state index < -0.39 is 24.5 Å². The Morgan fingerprint density at radius 1 is 1.00 bits per heavy atom. The first-order valence-corrected chi connectivity index (χ1v) is 10.2. The van der Waals surface area contributed by atoms with Crippen LogP contribution in [0.4, 0.5) is 5.69 Å². The summed E-state index contributed by atoms with van der Waals surface area (Å²) in [7, 11) is 1.53. The highest BCUT2D eigenvalue weighted by Crippen LogP contribution is 2.26. The third kappa shape index (κ3) is 5.51. The van der Waals surface area contributed by atoms with Gasteiger partial charge in [0, 0.05) is 24.2 Å². The van der Waals surface area contributed by atoms with E-state index in [0.29, 0.717) is 22.6 Å². The molecule has 3 rings (SSSR count). The van der Waals surface area contributed by atoms with Crippen molar-refractivity contribution in [3.8, 4) is 5.75 Å². The fraction of sp³-hybridized carbons (Fsp3) is 0.333. The average Bonchev–Trinajstić information content (AvgIpc) is 3.18. The number of methoxy groups -OCH3 is 1. The summed E-state index contributed by atoms with van der Waals surface area (Å²) in [6, 6.07) is 12.9. The van der Waals surface area contributed by atoms with Crippen LogP contribution in [0.5, 0.6) is 5.75 Å². The van der Waals surface area contributed by atoms with Crippen molar-refractivity contribution in [3.05, 3.63) is 59.7 Å². The molecule has 1 aliphatic heterocycles. The molecule has 0 unspecified atom stereocenters. The molecule has 0 aromatic heterocycles. The molecule has 0 aliphatic carbocycles. The van der Waals surface area contributed by atoms with Gasteiger partial charge in [0.25, 0.3) is 0 Å². The van der Waals surface area contributed by atoms with Gasteiger partial charge in [-0.3, -0.25) is 14.4 Å². The summed E-state index contributed by atoms with van der Waals surface area (Å²) in [6.45, 7) is 3.27. The van der Waals surface area contributed by atoms with Gasteiger partial charge in [-0.15, -0.1) is 0 Å². The molecule has 1 heterocycles. The Morgan fingerprint density at radius 2 is 1.62 bits per heavy atom. The molecule has 168 valence electrons. The number of Topliss-reactive ketones (excluding diaryl/α,β-unsaturated/α-hetero) is 1. The number of hydrogen-bond acceptors (Lipinski definition) is 7. The van der Waals surface area contributed by atoms with Gasteiger partial charge in [-0.1, -0.05) is 0 Å². The summed E-state index contributed by atoms with van der Waals surface area (Å²) in [5.74, 6) is -1.66. The van der Waals surface area contributed by atoms with E-state index in [9.17, 15) is 19.2 Å². The first-order valence-electron chi connectivity index (χ1n) is 10.2. The lowest BCUT2D eigenvalue weighted by atomic mass is 10.1. The summed E-state index contributed by atoms with van der Waals surface area (Å²) in [4.78, 5) is 50.5. The molecule has 1 saturated heterocycles. The van der Waals surface area contributed by atoms with E-state index in [4.69, 9.17) is 14.2 Å². The number of anilines is 1. The van der Waals surface area contributed by atoms with E-state index in [-0.39, 0.29) is 30.8 Å². The highest BCUT2D eigenvalue weighted by Gasteiger charge is 2.36. The largest absolute Gasteiger partial charge is 0.497 e. The number of carbonyl (C=O) groups is 4. The van der Waals surface area contributed by atoms with Crippen LogP contribution in [0.25, 0.3) is 0 Å². The Hall–Kier alpha value is -3.68. The zero-order valence-electron chi connectivity index (χ0n) is 18.2. The van der Waals surface area contributed by atoms with Gasteiger partial charge in [-0.25, -0.2) is 4.79 Å². The molecule has 0 spiro atoms.